The van der Waals surface area contributed by atoms with Crippen molar-refractivity contribution in [3.8, 4) is 0 Å². The molecule has 2 heteroatoms. The van der Waals surface area contributed by atoms with Crippen LogP contribution in [-0.2, 0) is 9.59 Å². The Morgan fingerprint density at radius 3 is 0.692 bits per heavy atom. The second-order valence-electron chi connectivity index (χ2n) is 13.3. The van der Waals surface area contributed by atoms with E-state index >= 15 is 0 Å². The van der Waals surface area contributed by atoms with E-state index in [0.29, 0.717) is 11.6 Å². The average Bonchev–Trinajstić information content (AvgIpc) is 2.72. The number of Topliss-reactive ketones (excluding diaryl/α,β-unsaturated/α-hetero) is 2. The van der Waals surface area contributed by atoms with E-state index in [1.54, 1.807) is 0 Å². The molecule has 26 heavy (non-hydrogen) atoms. The van der Waals surface area contributed by atoms with Gasteiger partial charge in [0.05, 0.1) is 0 Å². The molecule has 0 aromatic carbocycles. The van der Waals surface area contributed by atoms with Gasteiger partial charge in [0.25, 0.3) is 0 Å². The molecule has 0 aromatic rings. The van der Waals surface area contributed by atoms with Gasteiger partial charge in [0.2, 0.25) is 0 Å². The Kier molecular flexibility index (Phi) is 4.92. The fourth-order valence-corrected chi connectivity index (χ4v) is 6.44. The molecular weight excluding hydrogens is 320 g/mol. The van der Waals surface area contributed by atoms with Crippen LogP contribution < -0.4 is 0 Å². The van der Waals surface area contributed by atoms with Crippen molar-refractivity contribution in [1.29, 1.82) is 0 Å². The summed E-state index contributed by atoms with van der Waals surface area (Å²) in [7, 11) is 0. The highest BCUT2D eigenvalue weighted by molar-refractivity contribution is 5.95. The zero-order valence-corrected chi connectivity index (χ0v) is 19.3. The van der Waals surface area contributed by atoms with Crippen LogP contribution in [0.15, 0.2) is 0 Å². The monoisotopic (exact) mass is 362 g/mol. The minimum Gasteiger partial charge on any atom is -0.299 e. The molecule has 0 amide bonds. The first-order valence-corrected chi connectivity index (χ1v) is 10.4. The van der Waals surface area contributed by atoms with Gasteiger partial charge in [0, 0.05) is 23.7 Å². The Morgan fingerprint density at radius 1 is 0.423 bits per heavy atom. The summed E-state index contributed by atoms with van der Waals surface area (Å²) in [6.45, 7) is 26.2. The Labute approximate surface area is 161 Å². The zero-order chi connectivity index (χ0) is 20.6. The van der Waals surface area contributed by atoms with Gasteiger partial charge in [0.15, 0.2) is 0 Å². The predicted molar refractivity (Wildman–Crippen MR) is 109 cm³/mol. The number of hydrogen-bond acceptors (Lipinski definition) is 2. The van der Waals surface area contributed by atoms with Crippen molar-refractivity contribution >= 4 is 11.6 Å². The van der Waals surface area contributed by atoms with Crippen molar-refractivity contribution in [2.75, 3.05) is 0 Å². The zero-order valence-electron chi connectivity index (χ0n) is 19.3. The summed E-state index contributed by atoms with van der Waals surface area (Å²) in [6.07, 6.45) is 0. The largest absolute Gasteiger partial charge is 0.299 e. The van der Waals surface area contributed by atoms with Gasteiger partial charge in [-0.1, -0.05) is 83.1 Å². The summed E-state index contributed by atoms with van der Waals surface area (Å²) in [6, 6.07) is 0. The van der Waals surface area contributed by atoms with E-state index in [1.165, 1.54) is 0 Å². The van der Waals surface area contributed by atoms with Crippen LogP contribution in [0.5, 0.6) is 0 Å². The maximum absolute atomic E-state index is 13.8. The van der Waals surface area contributed by atoms with Crippen LogP contribution in [0.25, 0.3) is 0 Å². The van der Waals surface area contributed by atoms with E-state index in [9.17, 15) is 9.59 Å². The second kappa shape index (κ2) is 5.92. The van der Waals surface area contributed by atoms with Gasteiger partial charge < -0.3 is 0 Å². The molecule has 2 nitrogen and oxygen atoms in total. The maximum Gasteiger partial charge on any atom is 0.140 e. The number of fused-ring (bicyclic) bond motifs is 1. The molecule has 0 radical (unpaired) electrons. The van der Waals surface area contributed by atoms with E-state index in [4.69, 9.17) is 0 Å². The van der Waals surface area contributed by atoms with Crippen LogP contribution in [0.4, 0.5) is 0 Å². The smallest absolute Gasteiger partial charge is 0.140 e. The molecule has 2 rings (SSSR count). The van der Waals surface area contributed by atoms with Gasteiger partial charge in [-0.15, -0.1) is 0 Å². The third-order valence-corrected chi connectivity index (χ3v) is 6.94. The average molecular weight is 363 g/mol. The first kappa shape index (κ1) is 21.6. The fourth-order valence-electron chi connectivity index (χ4n) is 6.44. The minimum atomic E-state index is -0.115. The van der Waals surface area contributed by atoms with Gasteiger partial charge in [-0.3, -0.25) is 9.59 Å². The van der Waals surface area contributed by atoms with E-state index in [0.717, 1.165) is 0 Å². The van der Waals surface area contributed by atoms with Gasteiger partial charge in [-0.2, -0.15) is 0 Å². The molecule has 2 saturated carbocycles. The number of carbonyl (C=O) groups is 2. The lowest BCUT2D eigenvalue weighted by molar-refractivity contribution is -0.136. The maximum atomic E-state index is 13.8. The van der Waals surface area contributed by atoms with Gasteiger partial charge in [-0.25, -0.2) is 0 Å². The molecule has 2 aliphatic carbocycles. The van der Waals surface area contributed by atoms with E-state index in [-0.39, 0.29) is 57.2 Å². The first-order chi connectivity index (χ1) is 11.3. The summed E-state index contributed by atoms with van der Waals surface area (Å²) in [5.41, 5.74) is -0.458. The summed E-state index contributed by atoms with van der Waals surface area (Å²) >= 11 is 0. The normalized spacial score (nSPS) is 36.6. The highest BCUT2D eigenvalue weighted by Crippen LogP contribution is 2.66. The number of ketones is 2. The van der Waals surface area contributed by atoms with E-state index in [2.05, 4.69) is 83.1 Å². The van der Waals surface area contributed by atoms with E-state index in [1.807, 2.05) is 0 Å². The molecule has 150 valence electrons. The van der Waals surface area contributed by atoms with Crippen molar-refractivity contribution in [3.05, 3.63) is 0 Å². The lowest BCUT2D eigenvalue weighted by atomic mass is 9.64. The minimum absolute atomic E-state index is 0.0303. The SMILES string of the molecule is CC(C)(C)C1C(=O)C(C(C)(C)C)C2C1C(C(C)(C)C)C(=O)C2C(C)(C)C. The molecule has 2 fully saturated rings. The van der Waals surface area contributed by atoms with Crippen LogP contribution in [0.3, 0.4) is 0 Å². The highest BCUT2D eigenvalue weighted by Gasteiger charge is 2.69. The van der Waals surface area contributed by atoms with Crippen LogP contribution in [0, 0.1) is 57.2 Å². The molecule has 0 heterocycles. The van der Waals surface area contributed by atoms with Gasteiger partial charge >= 0.3 is 0 Å². The topological polar surface area (TPSA) is 34.1 Å². The van der Waals surface area contributed by atoms with Crippen LogP contribution in [0.2, 0.25) is 0 Å². The van der Waals surface area contributed by atoms with Crippen LogP contribution in [0.1, 0.15) is 83.1 Å². The van der Waals surface area contributed by atoms with E-state index < -0.39 is 0 Å². The molecule has 0 N–H and O–H groups in total. The van der Waals surface area contributed by atoms with Crippen molar-refractivity contribution in [2.24, 2.45) is 57.2 Å². The second-order valence-corrected chi connectivity index (χ2v) is 13.3. The fraction of sp³-hybridized carbons (Fsp3) is 0.917. The lowest BCUT2D eigenvalue weighted by Gasteiger charge is -2.38. The number of hydrogen-bond donors (Lipinski definition) is 0. The van der Waals surface area contributed by atoms with Crippen molar-refractivity contribution in [3.63, 3.8) is 0 Å². The molecule has 0 saturated heterocycles. The Hall–Kier alpha value is -0.660. The molecular formula is C24H42O2. The first-order valence-electron chi connectivity index (χ1n) is 10.4. The van der Waals surface area contributed by atoms with Gasteiger partial charge in [-0.05, 0) is 33.5 Å². The van der Waals surface area contributed by atoms with Crippen molar-refractivity contribution < 1.29 is 9.59 Å². The molecule has 2 aliphatic rings. The Bertz CT molecular complexity index is 484. The molecule has 0 aliphatic heterocycles. The van der Waals surface area contributed by atoms with Crippen LogP contribution >= 0.6 is 0 Å². The molecule has 4 atom stereocenters. The van der Waals surface area contributed by atoms with Gasteiger partial charge in [0.1, 0.15) is 11.6 Å². The summed E-state index contributed by atoms with van der Waals surface area (Å²) in [5.74, 6) is 1.04. The summed E-state index contributed by atoms with van der Waals surface area (Å²) in [5, 5.41) is 0. The van der Waals surface area contributed by atoms with Crippen molar-refractivity contribution in [2.45, 2.75) is 83.1 Å². The third-order valence-electron chi connectivity index (χ3n) is 6.94. The molecule has 4 unspecified atom stereocenters. The molecule has 0 spiro atoms. The number of carbonyl (C=O) groups excluding carboxylic acids is 2. The highest BCUT2D eigenvalue weighted by atomic mass is 16.1. The number of rotatable bonds is 0. The third kappa shape index (κ3) is 3.31. The Balaban J connectivity index is 2.77. The quantitative estimate of drug-likeness (QED) is 0.527. The molecule has 0 bridgehead atoms. The predicted octanol–water partition coefficient (Wildman–Crippen LogP) is 6.03. The van der Waals surface area contributed by atoms with Crippen molar-refractivity contribution in [1.82, 2.24) is 0 Å². The lowest BCUT2D eigenvalue weighted by Crippen LogP contribution is -2.42. The standard InChI is InChI=1S/C24H42O2/c1-21(2,3)15-13-14(17(19(15)25)23(7,8)9)18(24(10,11)12)20(26)16(13)22(4,5)6/h13-18H,1-12H3. The molecule has 0 aromatic heterocycles. The summed E-state index contributed by atoms with van der Waals surface area (Å²) < 4.78 is 0. The van der Waals surface area contributed by atoms with Crippen LogP contribution in [-0.4, -0.2) is 11.6 Å². The summed E-state index contributed by atoms with van der Waals surface area (Å²) in [4.78, 5) is 27.5. The Morgan fingerprint density at radius 2 is 0.577 bits per heavy atom.